The van der Waals surface area contributed by atoms with Gasteiger partial charge >= 0.3 is 0 Å². The smallest absolute Gasteiger partial charge is 0.178 e. The average Bonchev–Trinajstić information content (AvgIpc) is 3.45. The highest BCUT2D eigenvalue weighted by Crippen LogP contribution is 2.30. The van der Waals surface area contributed by atoms with E-state index in [2.05, 4.69) is 26.9 Å². The molecule has 10 heteroatoms. The third-order valence-corrected chi connectivity index (χ3v) is 8.07. The molecule has 1 aliphatic rings. The summed E-state index contributed by atoms with van der Waals surface area (Å²) in [7, 11) is 0. The summed E-state index contributed by atoms with van der Waals surface area (Å²) in [4.78, 5) is 9.11. The molecule has 5 rings (SSSR count). The van der Waals surface area contributed by atoms with Gasteiger partial charge in [0.2, 0.25) is 0 Å². The SMILES string of the molecule is Cc1nc2cc(OC([C@@H](C)O)N3CCN(Cc4cc(-c5ccc(Cl)c(Cl)c5)no4)C[C@@H]3C)ccc2s1. The lowest BCUT2D eigenvalue weighted by atomic mass is 10.1. The highest BCUT2D eigenvalue weighted by molar-refractivity contribution is 7.18. The number of halogens is 2. The summed E-state index contributed by atoms with van der Waals surface area (Å²) in [5.41, 5.74) is 2.51. The fourth-order valence-corrected chi connectivity index (χ4v) is 5.75. The summed E-state index contributed by atoms with van der Waals surface area (Å²) < 4.78 is 13.0. The minimum Gasteiger partial charge on any atom is -0.472 e. The molecule has 190 valence electrons. The van der Waals surface area contributed by atoms with Crippen LogP contribution in [-0.4, -0.2) is 63.1 Å². The number of piperazine rings is 1. The molecule has 1 fully saturated rings. The Kier molecular flexibility index (Phi) is 7.53. The van der Waals surface area contributed by atoms with Gasteiger partial charge in [-0.3, -0.25) is 9.80 Å². The molecule has 0 saturated carbocycles. The Bertz CT molecular complexity index is 1360. The van der Waals surface area contributed by atoms with Crippen LogP contribution in [0.5, 0.6) is 5.75 Å². The van der Waals surface area contributed by atoms with Gasteiger partial charge < -0.3 is 14.4 Å². The molecule has 0 aliphatic carbocycles. The van der Waals surface area contributed by atoms with Crippen molar-refractivity contribution in [1.82, 2.24) is 19.9 Å². The van der Waals surface area contributed by atoms with Gasteiger partial charge in [-0.1, -0.05) is 34.4 Å². The zero-order chi connectivity index (χ0) is 25.4. The van der Waals surface area contributed by atoms with Crippen molar-refractivity contribution in [2.45, 2.75) is 45.7 Å². The lowest BCUT2D eigenvalue weighted by molar-refractivity contribution is -0.0963. The first-order valence-corrected chi connectivity index (χ1v) is 13.4. The van der Waals surface area contributed by atoms with Gasteiger partial charge in [-0.2, -0.15) is 0 Å². The molecule has 1 unspecified atom stereocenters. The number of fused-ring (bicyclic) bond motifs is 1. The molecule has 1 saturated heterocycles. The van der Waals surface area contributed by atoms with Crippen LogP contribution in [-0.2, 0) is 6.54 Å². The maximum atomic E-state index is 10.6. The molecule has 0 spiro atoms. The van der Waals surface area contributed by atoms with Gasteiger partial charge in [0.1, 0.15) is 17.5 Å². The van der Waals surface area contributed by atoms with E-state index in [4.69, 9.17) is 32.5 Å². The second-order valence-corrected chi connectivity index (χ2v) is 11.3. The standard InChI is InChI=1S/C26H28Cl2N4O3S/c1-15-13-31(14-20-12-23(30-35-20)18-4-6-21(27)22(28)10-18)8-9-32(15)26(16(2)33)34-19-5-7-25-24(11-19)29-17(3)36-25/h4-7,10-12,15-16,26,33H,8-9,13-14H2,1-3H3/t15-,16+,26?/m0/s1. The fraction of sp³-hybridized carbons (Fsp3) is 0.385. The number of hydrogen-bond acceptors (Lipinski definition) is 8. The number of hydrogen-bond donors (Lipinski definition) is 1. The van der Waals surface area contributed by atoms with Crippen molar-refractivity contribution in [3.8, 4) is 17.0 Å². The molecular formula is C26H28Cl2N4O3S. The van der Waals surface area contributed by atoms with Gasteiger partial charge in [0.15, 0.2) is 12.0 Å². The normalized spacial score (nSPS) is 19.0. The highest BCUT2D eigenvalue weighted by Gasteiger charge is 2.33. The fourth-order valence-electron chi connectivity index (χ4n) is 4.65. The van der Waals surface area contributed by atoms with Crippen LogP contribution < -0.4 is 4.74 Å². The number of aliphatic hydroxyl groups is 1. The van der Waals surface area contributed by atoms with Crippen molar-refractivity contribution < 1.29 is 14.4 Å². The lowest BCUT2D eigenvalue weighted by Crippen LogP contribution is -2.59. The summed E-state index contributed by atoms with van der Waals surface area (Å²) >= 11 is 13.8. The van der Waals surface area contributed by atoms with Crippen molar-refractivity contribution in [3.63, 3.8) is 0 Å². The Morgan fingerprint density at radius 2 is 2.00 bits per heavy atom. The van der Waals surface area contributed by atoms with Crippen LogP contribution in [0.25, 0.3) is 21.5 Å². The summed E-state index contributed by atoms with van der Waals surface area (Å²) in [6.07, 6.45) is -1.11. The molecule has 1 N–H and O–H groups in total. The molecule has 7 nitrogen and oxygen atoms in total. The van der Waals surface area contributed by atoms with E-state index in [9.17, 15) is 5.11 Å². The average molecular weight is 548 g/mol. The van der Waals surface area contributed by atoms with Crippen LogP contribution in [0.1, 0.15) is 24.6 Å². The van der Waals surface area contributed by atoms with Crippen LogP contribution in [0.4, 0.5) is 0 Å². The Labute approximate surface area is 224 Å². The van der Waals surface area contributed by atoms with E-state index in [-0.39, 0.29) is 6.04 Å². The third-order valence-electron chi connectivity index (χ3n) is 6.38. The zero-order valence-corrected chi connectivity index (χ0v) is 22.6. The Balaban J connectivity index is 1.23. The monoisotopic (exact) mass is 546 g/mol. The van der Waals surface area contributed by atoms with Crippen LogP contribution in [0.15, 0.2) is 47.0 Å². The maximum absolute atomic E-state index is 10.6. The van der Waals surface area contributed by atoms with E-state index >= 15 is 0 Å². The van der Waals surface area contributed by atoms with Crippen LogP contribution in [0.3, 0.4) is 0 Å². The molecule has 2 aromatic carbocycles. The maximum Gasteiger partial charge on any atom is 0.178 e. The second-order valence-electron chi connectivity index (χ2n) is 9.24. The van der Waals surface area contributed by atoms with Gasteiger partial charge in [0.25, 0.3) is 0 Å². The number of nitrogens with zero attached hydrogens (tertiary/aromatic N) is 4. The quantitative estimate of drug-likeness (QED) is 0.311. The second kappa shape index (κ2) is 10.7. The van der Waals surface area contributed by atoms with E-state index < -0.39 is 12.3 Å². The predicted molar refractivity (Wildman–Crippen MR) is 144 cm³/mol. The number of benzene rings is 2. The molecule has 0 radical (unpaired) electrons. The predicted octanol–water partition coefficient (Wildman–Crippen LogP) is 5.86. The molecular weight excluding hydrogens is 519 g/mol. The summed E-state index contributed by atoms with van der Waals surface area (Å²) in [5.74, 6) is 1.50. The van der Waals surface area contributed by atoms with E-state index in [0.29, 0.717) is 22.3 Å². The molecule has 2 aromatic heterocycles. The summed E-state index contributed by atoms with van der Waals surface area (Å²) in [6.45, 7) is 8.93. The molecule has 3 atom stereocenters. The van der Waals surface area contributed by atoms with Gasteiger partial charge in [-0.15, -0.1) is 11.3 Å². The van der Waals surface area contributed by atoms with Crippen LogP contribution in [0, 0.1) is 6.92 Å². The highest BCUT2D eigenvalue weighted by atomic mass is 35.5. The minimum absolute atomic E-state index is 0.168. The van der Waals surface area contributed by atoms with Crippen molar-refractivity contribution in [2.75, 3.05) is 19.6 Å². The number of aryl methyl sites for hydroxylation is 1. The molecule has 1 aliphatic heterocycles. The number of aromatic nitrogens is 2. The van der Waals surface area contributed by atoms with Gasteiger partial charge in [-0.25, -0.2) is 4.98 Å². The first kappa shape index (κ1) is 25.4. The molecule has 0 bridgehead atoms. The van der Waals surface area contributed by atoms with Gasteiger partial charge in [0.05, 0.1) is 31.8 Å². The molecule has 4 aromatic rings. The van der Waals surface area contributed by atoms with Crippen LogP contribution >= 0.6 is 34.5 Å². The molecule has 0 amide bonds. The molecule has 3 heterocycles. The summed E-state index contributed by atoms with van der Waals surface area (Å²) in [6, 6.07) is 13.5. The number of thiazole rings is 1. The number of rotatable bonds is 7. The summed E-state index contributed by atoms with van der Waals surface area (Å²) in [5, 5.41) is 16.8. The topological polar surface area (TPSA) is 74.9 Å². The van der Waals surface area contributed by atoms with E-state index in [1.165, 1.54) is 0 Å². The van der Waals surface area contributed by atoms with E-state index in [0.717, 1.165) is 51.9 Å². The van der Waals surface area contributed by atoms with Crippen LogP contribution in [0.2, 0.25) is 10.0 Å². The lowest BCUT2D eigenvalue weighted by Gasteiger charge is -2.44. The first-order chi connectivity index (χ1) is 17.3. The largest absolute Gasteiger partial charge is 0.472 e. The van der Waals surface area contributed by atoms with Gasteiger partial charge in [-0.05, 0) is 45.0 Å². The van der Waals surface area contributed by atoms with E-state index in [1.807, 2.05) is 37.3 Å². The number of ether oxygens (including phenoxy) is 1. The Morgan fingerprint density at radius 1 is 1.17 bits per heavy atom. The molecule has 36 heavy (non-hydrogen) atoms. The van der Waals surface area contributed by atoms with Crippen molar-refractivity contribution in [3.05, 3.63) is 63.3 Å². The number of aliphatic hydroxyl groups excluding tert-OH is 1. The first-order valence-electron chi connectivity index (χ1n) is 11.9. The Morgan fingerprint density at radius 3 is 2.75 bits per heavy atom. The van der Waals surface area contributed by atoms with E-state index in [1.54, 1.807) is 30.4 Å². The third kappa shape index (κ3) is 5.54. The van der Waals surface area contributed by atoms with Crippen molar-refractivity contribution in [2.24, 2.45) is 0 Å². The Hall–Kier alpha value is -2.20. The van der Waals surface area contributed by atoms with Crippen molar-refractivity contribution >= 4 is 44.8 Å². The minimum atomic E-state index is -0.658. The zero-order valence-electron chi connectivity index (χ0n) is 20.3. The van der Waals surface area contributed by atoms with Gasteiger partial charge in [0, 0.05) is 43.4 Å². The van der Waals surface area contributed by atoms with Crippen molar-refractivity contribution in [1.29, 1.82) is 0 Å².